The van der Waals surface area contributed by atoms with Gasteiger partial charge in [0.25, 0.3) is 0 Å². The molecule has 3 rings (SSSR count). The third-order valence-electron chi connectivity index (χ3n) is 4.32. The van der Waals surface area contributed by atoms with Crippen molar-refractivity contribution >= 4 is 5.91 Å². The number of ether oxygens (including phenoxy) is 2. The molecule has 126 valence electrons. The number of nitrogens with one attached hydrogen (secondary N) is 2. The molecule has 1 aromatic carbocycles. The number of amides is 1. The fraction of sp³-hybridized carbons (Fsp3) is 0.611. The van der Waals surface area contributed by atoms with Gasteiger partial charge in [-0.2, -0.15) is 0 Å². The highest BCUT2D eigenvalue weighted by molar-refractivity contribution is 5.78. The van der Waals surface area contributed by atoms with Gasteiger partial charge in [0.1, 0.15) is 13.2 Å². The lowest BCUT2D eigenvalue weighted by atomic mass is 9.95. The molecule has 1 heterocycles. The Morgan fingerprint density at radius 1 is 1.22 bits per heavy atom. The molecule has 1 unspecified atom stereocenters. The van der Waals surface area contributed by atoms with E-state index in [2.05, 4.69) is 24.5 Å². The zero-order chi connectivity index (χ0) is 16.2. The van der Waals surface area contributed by atoms with Crippen LogP contribution >= 0.6 is 0 Å². The molecule has 23 heavy (non-hydrogen) atoms. The first-order valence-electron chi connectivity index (χ1n) is 8.53. The molecule has 0 bridgehead atoms. The van der Waals surface area contributed by atoms with E-state index in [1.807, 2.05) is 18.2 Å². The van der Waals surface area contributed by atoms with E-state index in [1.165, 1.54) is 12.8 Å². The van der Waals surface area contributed by atoms with Gasteiger partial charge in [0.15, 0.2) is 11.5 Å². The van der Waals surface area contributed by atoms with Gasteiger partial charge in [-0.25, -0.2) is 0 Å². The van der Waals surface area contributed by atoms with Crippen molar-refractivity contribution in [2.75, 3.05) is 26.3 Å². The lowest BCUT2D eigenvalue weighted by molar-refractivity contribution is -0.121. The van der Waals surface area contributed by atoms with E-state index < -0.39 is 0 Å². The second-order valence-electron chi connectivity index (χ2n) is 6.77. The van der Waals surface area contributed by atoms with Gasteiger partial charge in [-0.1, -0.05) is 19.9 Å². The molecule has 1 aliphatic heterocycles. The highest BCUT2D eigenvalue weighted by atomic mass is 16.6. The van der Waals surface area contributed by atoms with Crippen LogP contribution in [0.5, 0.6) is 11.5 Å². The maximum Gasteiger partial charge on any atom is 0.234 e. The molecule has 1 atom stereocenters. The minimum atomic E-state index is -0.0268. The molecule has 2 N–H and O–H groups in total. The Labute approximate surface area is 137 Å². The Morgan fingerprint density at radius 2 is 1.96 bits per heavy atom. The second-order valence-corrected chi connectivity index (χ2v) is 6.77. The second kappa shape index (κ2) is 7.21. The van der Waals surface area contributed by atoms with Crippen molar-refractivity contribution in [1.82, 2.24) is 10.6 Å². The Bertz CT molecular complexity index is 555. The van der Waals surface area contributed by atoms with E-state index >= 15 is 0 Å². The van der Waals surface area contributed by atoms with E-state index in [-0.39, 0.29) is 11.9 Å². The highest BCUT2D eigenvalue weighted by Gasteiger charge is 2.23. The molecular formula is C18H26N2O3. The molecule has 0 saturated heterocycles. The Kier molecular flexibility index (Phi) is 5.06. The summed E-state index contributed by atoms with van der Waals surface area (Å²) in [6.07, 6.45) is 2.58. The van der Waals surface area contributed by atoms with Gasteiger partial charge in [0, 0.05) is 0 Å². The van der Waals surface area contributed by atoms with Crippen molar-refractivity contribution in [1.29, 1.82) is 0 Å². The predicted molar refractivity (Wildman–Crippen MR) is 88.7 cm³/mol. The molecule has 1 aliphatic carbocycles. The van der Waals surface area contributed by atoms with E-state index in [4.69, 9.17) is 9.47 Å². The first kappa shape index (κ1) is 16.1. The summed E-state index contributed by atoms with van der Waals surface area (Å²) >= 11 is 0. The minimum absolute atomic E-state index is 0.0268. The smallest absolute Gasteiger partial charge is 0.234 e. The number of hydrogen-bond donors (Lipinski definition) is 2. The summed E-state index contributed by atoms with van der Waals surface area (Å²) in [6, 6.07) is 5.89. The standard InChI is InChI=1S/C18H26N2O3/c1-12(2)18(20-17(21)11-19-10-13-3-4-13)14-5-6-15-16(9-14)23-8-7-22-15/h5-6,9,12-13,18-19H,3-4,7-8,10-11H2,1-2H3,(H,20,21). The van der Waals surface area contributed by atoms with Gasteiger partial charge >= 0.3 is 0 Å². The van der Waals surface area contributed by atoms with Gasteiger partial charge in [0.2, 0.25) is 5.91 Å². The van der Waals surface area contributed by atoms with Gasteiger partial charge < -0.3 is 20.1 Å². The lowest BCUT2D eigenvalue weighted by Gasteiger charge is -2.25. The van der Waals surface area contributed by atoms with Crippen LogP contribution in [0.3, 0.4) is 0 Å². The van der Waals surface area contributed by atoms with Crippen LogP contribution in [-0.2, 0) is 4.79 Å². The SMILES string of the molecule is CC(C)C(NC(=O)CNCC1CC1)c1ccc2c(c1)OCCO2. The molecule has 5 nitrogen and oxygen atoms in total. The summed E-state index contributed by atoms with van der Waals surface area (Å²) in [7, 11) is 0. The number of hydrogen-bond acceptors (Lipinski definition) is 4. The molecule has 0 radical (unpaired) electrons. The molecular weight excluding hydrogens is 292 g/mol. The summed E-state index contributed by atoms with van der Waals surface area (Å²) in [6.45, 7) is 6.70. The summed E-state index contributed by atoms with van der Waals surface area (Å²) in [4.78, 5) is 12.2. The minimum Gasteiger partial charge on any atom is -0.486 e. The van der Waals surface area contributed by atoms with Crippen LogP contribution < -0.4 is 20.1 Å². The van der Waals surface area contributed by atoms with Gasteiger partial charge in [-0.15, -0.1) is 0 Å². The first-order chi connectivity index (χ1) is 11.1. The summed E-state index contributed by atoms with van der Waals surface area (Å²) in [5.41, 5.74) is 1.06. The number of fused-ring (bicyclic) bond motifs is 1. The third kappa shape index (κ3) is 4.38. The lowest BCUT2D eigenvalue weighted by Crippen LogP contribution is -2.38. The van der Waals surface area contributed by atoms with Crippen LogP contribution in [0.1, 0.15) is 38.3 Å². The number of benzene rings is 1. The maximum atomic E-state index is 12.2. The molecule has 0 aromatic heterocycles. The van der Waals surface area contributed by atoms with Crippen molar-refractivity contribution in [2.45, 2.75) is 32.7 Å². The van der Waals surface area contributed by atoms with Crippen molar-refractivity contribution in [2.24, 2.45) is 11.8 Å². The van der Waals surface area contributed by atoms with Crippen LogP contribution in [0.2, 0.25) is 0 Å². The third-order valence-corrected chi connectivity index (χ3v) is 4.32. The van der Waals surface area contributed by atoms with E-state index in [0.29, 0.717) is 25.7 Å². The maximum absolute atomic E-state index is 12.2. The van der Waals surface area contributed by atoms with Gasteiger partial charge in [-0.05, 0) is 48.9 Å². The van der Waals surface area contributed by atoms with Crippen molar-refractivity contribution in [3.05, 3.63) is 23.8 Å². The fourth-order valence-electron chi connectivity index (χ4n) is 2.82. The monoisotopic (exact) mass is 318 g/mol. The van der Waals surface area contributed by atoms with Crippen LogP contribution in [0.25, 0.3) is 0 Å². The Morgan fingerprint density at radius 3 is 2.65 bits per heavy atom. The van der Waals surface area contributed by atoms with Crippen LogP contribution in [0, 0.1) is 11.8 Å². The summed E-state index contributed by atoms with van der Waals surface area (Å²) in [5, 5.41) is 6.37. The normalized spacial score (nSPS) is 17.9. The fourth-order valence-corrected chi connectivity index (χ4v) is 2.82. The number of carbonyl (C=O) groups is 1. The highest BCUT2D eigenvalue weighted by Crippen LogP contribution is 2.34. The molecule has 0 spiro atoms. The Balaban J connectivity index is 1.62. The molecule has 1 aromatic rings. The van der Waals surface area contributed by atoms with Crippen LogP contribution in [-0.4, -0.2) is 32.2 Å². The molecule has 2 aliphatic rings. The number of carbonyl (C=O) groups excluding carboxylic acids is 1. The molecule has 1 saturated carbocycles. The van der Waals surface area contributed by atoms with E-state index in [1.54, 1.807) is 0 Å². The zero-order valence-electron chi connectivity index (χ0n) is 13.9. The topological polar surface area (TPSA) is 59.6 Å². The first-order valence-corrected chi connectivity index (χ1v) is 8.53. The van der Waals surface area contributed by atoms with Crippen molar-refractivity contribution in [3.63, 3.8) is 0 Å². The predicted octanol–water partition coefficient (Wildman–Crippen LogP) is 2.27. The average molecular weight is 318 g/mol. The van der Waals surface area contributed by atoms with Gasteiger partial charge in [-0.3, -0.25) is 4.79 Å². The average Bonchev–Trinajstić information content (AvgIpc) is 3.36. The van der Waals surface area contributed by atoms with E-state index in [9.17, 15) is 4.79 Å². The van der Waals surface area contributed by atoms with Crippen molar-refractivity contribution in [3.8, 4) is 11.5 Å². The van der Waals surface area contributed by atoms with E-state index in [0.717, 1.165) is 29.5 Å². The quantitative estimate of drug-likeness (QED) is 0.810. The molecule has 1 amide bonds. The van der Waals surface area contributed by atoms with Gasteiger partial charge in [0.05, 0.1) is 12.6 Å². The van der Waals surface area contributed by atoms with Crippen LogP contribution in [0.4, 0.5) is 0 Å². The number of rotatable bonds is 7. The Hall–Kier alpha value is -1.75. The van der Waals surface area contributed by atoms with Crippen LogP contribution in [0.15, 0.2) is 18.2 Å². The molecule has 1 fully saturated rings. The zero-order valence-corrected chi connectivity index (χ0v) is 13.9. The summed E-state index contributed by atoms with van der Waals surface area (Å²) in [5.74, 6) is 2.66. The molecule has 5 heteroatoms. The largest absolute Gasteiger partial charge is 0.486 e. The van der Waals surface area contributed by atoms with Crippen molar-refractivity contribution < 1.29 is 14.3 Å². The summed E-state index contributed by atoms with van der Waals surface area (Å²) < 4.78 is 11.2.